The molecule has 0 radical (unpaired) electrons. The van der Waals surface area contributed by atoms with Crippen molar-refractivity contribution in [2.75, 3.05) is 12.4 Å². The summed E-state index contributed by atoms with van der Waals surface area (Å²) in [5, 5.41) is 26.1. The molecule has 242 valence electrons. The van der Waals surface area contributed by atoms with Crippen LogP contribution in [0.1, 0.15) is 37.1 Å². The fraction of sp³-hybridized carbons (Fsp3) is 0.333. The van der Waals surface area contributed by atoms with Gasteiger partial charge in [-0.05, 0) is 49.6 Å². The van der Waals surface area contributed by atoms with E-state index in [1.54, 1.807) is 54.0 Å². The fourth-order valence-electron chi connectivity index (χ4n) is 4.51. The van der Waals surface area contributed by atoms with E-state index in [1.807, 2.05) is 12.1 Å². The molecule has 11 nitrogen and oxygen atoms in total. The molecule has 1 aliphatic rings. The van der Waals surface area contributed by atoms with Gasteiger partial charge in [-0.15, -0.1) is 18.3 Å². The number of rotatable bonds is 6. The molecule has 3 N–H and O–H groups in total. The van der Waals surface area contributed by atoms with Gasteiger partial charge in [-0.2, -0.15) is 18.2 Å². The molecular weight excluding hydrogens is 638 g/mol. The predicted molar refractivity (Wildman–Crippen MR) is 147 cm³/mol. The summed E-state index contributed by atoms with van der Waals surface area (Å²) < 4.78 is 82.5. The minimum Gasteiger partial charge on any atom is -0.494 e. The molecule has 0 bridgehead atoms. The first-order chi connectivity index (χ1) is 20.9. The lowest BCUT2D eigenvalue weighted by atomic mass is 9.86. The Labute approximate surface area is 256 Å². The second-order valence-electron chi connectivity index (χ2n) is 10.1. The molecule has 0 unspecified atom stereocenters. The highest BCUT2D eigenvalue weighted by Crippen LogP contribution is 2.38. The number of alkyl halides is 6. The van der Waals surface area contributed by atoms with Crippen molar-refractivity contribution in [1.29, 1.82) is 0 Å². The van der Waals surface area contributed by atoms with E-state index in [0.29, 0.717) is 53.3 Å². The van der Waals surface area contributed by atoms with Crippen LogP contribution in [0.5, 0.6) is 11.5 Å². The third-order valence-electron chi connectivity index (χ3n) is 6.54. The summed E-state index contributed by atoms with van der Waals surface area (Å²) in [6, 6.07) is 11.1. The summed E-state index contributed by atoms with van der Waals surface area (Å²) in [5.41, 5.74) is 1.09. The molecular formula is C27H25ClF6N6O5. The van der Waals surface area contributed by atoms with Crippen molar-refractivity contribution in [2.45, 2.75) is 50.4 Å². The first kappa shape index (κ1) is 33.4. The quantitative estimate of drug-likeness (QED) is 0.210. The van der Waals surface area contributed by atoms with Gasteiger partial charge in [-0.3, -0.25) is 0 Å². The fourth-order valence-corrected chi connectivity index (χ4v) is 4.66. The average Bonchev–Trinajstić information content (AvgIpc) is 3.53. The second kappa shape index (κ2) is 12.8. The van der Waals surface area contributed by atoms with E-state index in [1.165, 1.54) is 12.1 Å². The van der Waals surface area contributed by atoms with Crippen molar-refractivity contribution in [3.8, 4) is 17.2 Å². The van der Waals surface area contributed by atoms with Crippen LogP contribution in [0.15, 0.2) is 55.0 Å². The van der Waals surface area contributed by atoms with Crippen LogP contribution in [0.2, 0.25) is 5.15 Å². The first-order valence-corrected chi connectivity index (χ1v) is 13.3. The minimum absolute atomic E-state index is 0.319. The van der Waals surface area contributed by atoms with Gasteiger partial charge in [0.05, 0.1) is 18.4 Å². The third-order valence-corrected chi connectivity index (χ3v) is 6.74. The number of halogens is 7. The van der Waals surface area contributed by atoms with Crippen molar-refractivity contribution in [2.24, 2.45) is 0 Å². The maximum atomic E-state index is 12.6. The van der Waals surface area contributed by atoms with Crippen LogP contribution in [0.4, 0.5) is 38.0 Å². The van der Waals surface area contributed by atoms with Crippen LogP contribution < -0.4 is 14.8 Å². The summed E-state index contributed by atoms with van der Waals surface area (Å²) in [5.74, 6) is -1.98. The highest BCUT2D eigenvalue weighted by atomic mass is 35.5. The summed E-state index contributed by atoms with van der Waals surface area (Å²) in [6.07, 6.45) is -5.86. The number of methoxy groups -OCH3 is 1. The van der Waals surface area contributed by atoms with Gasteiger partial charge in [0.15, 0.2) is 0 Å². The zero-order valence-corrected chi connectivity index (χ0v) is 24.2. The Balaban J connectivity index is 0.000000591. The highest BCUT2D eigenvalue weighted by Gasteiger charge is 2.38. The number of hydrogen-bond donors (Lipinski definition) is 3. The molecule has 45 heavy (non-hydrogen) atoms. The number of aryl methyl sites for hydroxylation is 1. The van der Waals surface area contributed by atoms with E-state index in [4.69, 9.17) is 31.2 Å². The molecule has 0 fully saturated rings. The maximum Gasteiger partial charge on any atom is 0.573 e. The van der Waals surface area contributed by atoms with Crippen molar-refractivity contribution < 1.29 is 50.8 Å². The van der Waals surface area contributed by atoms with Crippen LogP contribution in [0.25, 0.3) is 5.69 Å². The average molecular weight is 663 g/mol. The Morgan fingerprint density at radius 1 is 1.13 bits per heavy atom. The molecule has 2 atom stereocenters. The first-order valence-electron chi connectivity index (χ1n) is 12.9. The van der Waals surface area contributed by atoms with Gasteiger partial charge >= 0.3 is 18.5 Å². The van der Waals surface area contributed by atoms with Crippen LogP contribution in [-0.2, 0) is 11.3 Å². The summed E-state index contributed by atoms with van der Waals surface area (Å²) in [4.78, 5) is 17.6. The topological polar surface area (TPSA) is 137 Å². The number of aromatic nitrogens is 5. The number of carboxylic acid groups (broad SMARTS) is 1. The lowest BCUT2D eigenvalue weighted by molar-refractivity contribution is -0.274. The van der Waals surface area contributed by atoms with E-state index in [2.05, 4.69) is 20.1 Å². The number of hydrogen-bond acceptors (Lipinski definition) is 8. The zero-order valence-electron chi connectivity index (χ0n) is 23.4. The number of carboxylic acids is 1. The number of aliphatic hydroxyl groups is 1. The Morgan fingerprint density at radius 3 is 2.36 bits per heavy atom. The third kappa shape index (κ3) is 8.78. The van der Waals surface area contributed by atoms with Gasteiger partial charge in [0.2, 0.25) is 5.95 Å². The highest BCUT2D eigenvalue weighted by molar-refractivity contribution is 6.29. The van der Waals surface area contributed by atoms with Gasteiger partial charge in [-0.25, -0.2) is 14.5 Å². The zero-order chi connectivity index (χ0) is 33.2. The predicted octanol–water partition coefficient (Wildman–Crippen LogP) is 6.08. The van der Waals surface area contributed by atoms with E-state index in [-0.39, 0.29) is 5.75 Å². The van der Waals surface area contributed by atoms with E-state index in [0.717, 1.165) is 5.69 Å². The number of imidazole rings is 1. The molecule has 0 amide bonds. The molecule has 3 heterocycles. The van der Waals surface area contributed by atoms with Crippen LogP contribution in [0, 0.1) is 0 Å². The van der Waals surface area contributed by atoms with Crippen molar-refractivity contribution in [3.05, 3.63) is 71.5 Å². The summed E-state index contributed by atoms with van der Waals surface area (Å²) in [6.45, 7) is 2.15. The SMILES string of the molecule is COc1cc(Nc2nc3n(n2)CC[C@](C)(O)C[C@@H]3c2ccc(OC(F)(F)F)cc2)ccc1-n1cnc(Cl)c1.O=C(O)C(F)(F)F. The molecule has 2 aromatic carbocycles. The van der Waals surface area contributed by atoms with Gasteiger partial charge in [0.1, 0.15) is 28.8 Å². The number of carbonyl (C=O) groups is 1. The monoisotopic (exact) mass is 662 g/mol. The molecule has 0 saturated carbocycles. The Kier molecular flexibility index (Phi) is 9.53. The Hall–Kier alpha value is -4.51. The number of nitrogens with one attached hydrogen (secondary N) is 1. The normalized spacial score (nSPS) is 18.2. The van der Waals surface area contributed by atoms with E-state index >= 15 is 0 Å². The molecule has 5 rings (SSSR count). The molecule has 4 aromatic rings. The Morgan fingerprint density at radius 2 is 1.80 bits per heavy atom. The van der Waals surface area contributed by atoms with Gasteiger partial charge in [0, 0.05) is 30.4 Å². The minimum atomic E-state index is -5.08. The van der Waals surface area contributed by atoms with Gasteiger partial charge in [0.25, 0.3) is 0 Å². The van der Waals surface area contributed by atoms with Crippen LogP contribution >= 0.6 is 11.6 Å². The second-order valence-corrected chi connectivity index (χ2v) is 10.4. The largest absolute Gasteiger partial charge is 0.573 e. The standard InChI is InChI=1S/C25H24ClF3N6O3.C2HF3O2/c1-24(36)9-10-35-22(18(12-24)15-3-6-17(7-4-15)38-25(27,28)29)32-23(33-35)31-16-5-8-19(20(11-16)37-2)34-13-21(26)30-14-34;3-2(4,5)1(6)7/h3-8,11,13-14,18,36H,9-10,12H2,1-2H3,(H,31,33);(H,6,7)/t18-,24+;/m1./s1. The van der Waals surface area contributed by atoms with E-state index < -0.39 is 30.0 Å². The molecule has 0 aliphatic carbocycles. The van der Waals surface area contributed by atoms with Crippen molar-refractivity contribution >= 4 is 29.2 Å². The number of fused-ring (bicyclic) bond motifs is 1. The van der Waals surface area contributed by atoms with Crippen LogP contribution in [-0.4, -0.2) is 65.7 Å². The summed E-state index contributed by atoms with van der Waals surface area (Å²) >= 11 is 5.94. The smallest absolute Gasteiger partial charge is 0.494 e. The number of anilines is 2. The van der Waals surface area contributed by atoms with Crippen molar-refractivity contribution in [3.63, 3.8) is 0 Å². The van der Waals surface area contributed by atoms with Gasteiger partial charge in [-0.1, -0.05) is 23.7 Å². The lowest BCUT2D eigenvalue weighted by Crippen LogP contribution is -2.26. The molecule has 18 heteroatoms. The Bertz CT molecular complexity index is 1640. The van der Waals surface area contributed by atoms with E-state index in [9.17, 15) is 31.4 Å². The lowest BCUT2D eigenvalue weighted by Gasteiger charge is -2.24. The number of benzene rings is 2. The molecule has 0 saturated heterocycles. The van der Waals surface area contributed by atoms with Crippen LogP contribution in [0.3, 0.4) is 0 Å². The number of nitrogens with zero attached hydrogens (tertiary/aromatic N) is 5. The molecule has 0 spiro atoms. The van der Waals surface area contributed by atoms with Gasteiger partial charge < -0.3 is 29.6 Å². The molecule has 1 aliphatic heterocycles. The van der Waals surface area contributed by atoms with Crippen molar-refractivity contribution in [1.82, 2.24) is 24.3 Å². The maximum absolute atomic E-state index is 12.6. The molecule has 2 aromatic heterocycles. The summed E-state index contributed by atoms with van der Waals surface area (Å²) in [7, 11) is 1.56. The number of aliphatic carboxylic acids is 1. The number of ether oxygens (including phenoxy) is 2.